The van der Waals surface area contributed by atoms with Gasteiger partial charge in [0.2, 0.25) is 5.91 Å². The van der Waals surface area contributed by atoms with Crippen LogP contribution in [-0.4, -0.2) is 67.1 Å². The lowest BCUT2D eigenvalue weighted by Gasteiger charge is -2.24. The Morgan fingerprint density at radius 3 is 2.43 bits per heavy atom. The zero-order valence-electron chi connectivity index (χ0n) is 21.1. The highest BCUT2D eigenvalue weighted by molar-refractivity contribution is 5.96. The molecule has 2 heterocycles. The van der Waals surface area contributed by atoms with Gasteiger partial charge in [-0.05, 0) is 43.0 Å². The third-order valence-electron chi connectivity index (χ3n) is 7.13. The van der Waals surface area contributed by atoms with Crippen molar-refractivity contribution >= 4 is 11.8 Å². The number of hydrogen-bond donors (Lipinski definition) is 0. The largest absolute Gasteiger partial charge is 0.485 e. The van der Waals surface area contributed by atoms with Crippen LogP contribution in [0.15, 0.2) is 48.5 Å². The number of fused-ring (bicyclic) bond motifs is 2. The Balaban J connectivity index is 1.52. The molecule has 0 radical (unpaired) electrons. The van der Waals surface area contributed by atoms with Crippen LogP contribution in [0.2, 0.25) is 0 Å². The summed E-state index contributed by atoms with van der Waals surface area (Å²) in [5.41, 5.74) is 2.73. The van der Waals surface area contributed by atoms with Crippen molar-refractivity contribution in [3.8, 4) is 5.75 Å². The summed E-state index contributed by atoms with van der Waals surface area (Å²) in [4.78, 5) is 30.0. The molecule has 2 aromatic rings. The first-order valence-electron chi connectivity index (χ1n) is 13.0. The van der Waals surface area contributed by atoms with Crippen molar-refractivity contribution in [1.82, 2.24) is 9.80 Å². The molecule has 6 nitrogen and oxygen atoms in total. The van der Waals surface area contributed by atoms with Crippen LogP contribution in [0.1, 0.15) is 60.0 Å². The molecular formula is C29H38N2O4. The summed E-state index contributed by atoms with van der Waals surface area (Å²) >= 11 is 0. The standard InChI is InChI=1S/C29H38N2O4/c1-22-13-7-8-14-23(22)19-28(32)31-20-26-27(21-31)35-25-16-10-9-15-24(25)29(33)30(2)17-11-5-3-4-6-12-18-34-26/h7-10,13-16,26-27H,3-6,11-12,17-21H2,1-2H3/t26-,27-/m1/s1. The summed E-state index contributed by atoms with van der Waals surface area (Å²) in [5, 5.41) is 0. The number of amides is 2. The van der Waals surface area contributed by atoms with E-state index in [1.807, 2.05) is 67.4 Å². The van der Waals surface area contributed by atoms with Gasteiger partial charge in [-0.2, -0.15) is 0 Å². The van der Waals surface area contributed by atoms with Crippen LogP contribution in [0.25, 0.3) is 0 Å². The number of rotatable bonds is 2. The maximum absolute atomic E-state index is 13.2. The normalized spacial score (nSPS) is 22.3. The molecule has 188 valence electrons. The summed E-state index contributed by atoms with van der Waals surface area (Å²) in [6, 6.07) is 15.4. The molecule has 0 N–H and O–H groups in total. The molecule has 1 fully saturated rings. The molecule has 0 bridgehead atoms. The van der Waals surface area contributed by atoms with E-state index in [2.05, 4.69) is 0 Å². The van der Waals surface area contributed by atoms with Crippen LogP contribution in [0, 0.1) is 6.92 Å². The van der Waals surface area contributed by atoms with Gasteiger partial charge in [0.05, 0.1) is 25.1 Å². The molecule has 4 rings (SSSR count). The highest BCUT2D eigenvalue weighted by atomic mass is 16.5. The lowest BCUT2D eigenvalue weighted by atomic mass is 10.1. The fourth-order valence-corrected chi connectivity index (χ4v) is 4.91. The molecule has 2 atom stereocenters. The quantitative estimate of drug-likeness (QED) is 0.631. The second-order valence-corrected chi connectivity index (χ2v) is 9.81. The fourth-order valence-electron chi connectivity index (χ4n) is 4.91. The Hall–Kier alpha value is -2.86. The fraction of sp³-hybridized carbons (Fsp3) is 0.517. The summed E-state index contributed by atoms with van der Waals surface area (Å²) in [6.07, 6.45) is 6.45. The first kappa shape index (κ1) is 25.2. The second-order valence-electron chi connectivity index (χ2n) is 9.81. The van der Waals surface area contributed by atoms with Crippen molar-refractivity contribution in [3.05, 3.63) is 65.2 Å². The smallest absolute Gasteiger partial charge is 0.257 e. The Morgan fingerprint density at radius 2 is 1.60 bits per heavy atom. The van der Waals surface area contributed by atoms with Crippen LogP contribution in [0.4, 0.5) is 0 Å². The Labute approximate surface area is 209 Å². The van der Waals surface area contributed by atoms with E-state index in [1.54, 1.807) is 4.90 Å². The van der Waals surface area contributed by atoms with Gasteiger partial charge in [0, 0.05) is 20.2 Å². The highest BCUT2D eigenvalue weighted by Crippen LogP contribution is 2.26. The summed E-state index contributed by atoms with van der Waals surface area (Å²) in [6.45, 7) is 4.39. The molecule has 0 unspecified atom stereocenters. The zero-order chi connectivity index (χ0) is 24.6. The predicted octanol–water partition coefficient (Wildman–Crippen LogP) is 4.64. The zero-order valence-corrected chi connectivity index (χ0v) is 21.1. The van der Waals surface area contributed by atoms with E-state index >= 15 is 0 Å². The Kier molecular flexibility index (Phi) is 8.80. The number of aryl methyl sites for hydroxylation is 1. The van der Waals surface area contributed by atoms with Gasteiger partial charge in [-0.15, -0.1) is 0 Å². The molecule has 0 spiro atoms. The molecule has 2 amide bonds. The van der Waals surface area contributed by atoms with E-state index in [1.165, 1.54) is 12.8 Å². The molecule has 0 aromatic heterocycles. The number of benzene rings is 2. The first-order valence-corrected chi connectivity index (χ1v) is 13.0. The lowest BCUT2D eigenvalue weighted by Crippen LogP contribution is -2.34. The van der Waals surface area contributed by atoms with Crippen LogP contribution in [-0.2, 0) is 16.0 Å². The van der Waals surface area contributed by atoms with Gasteiger partial charge in [-0.3, -0.25) is 9.59 Å². The Bertz CT molecular complexity index is 1010. The molecule has 2 aromatic carbocycles. The van der Waals surface area contributed by atoms with Crippen molar-refractivity contribution in [2.24, 2.45) is 0 Å². The molecule has 0 aliphatic carbocycles. The number of para-hydroxylation sites is 1. The minimum atomic E-state index is -0.317. The second kappa shape index (κ2) is 12.2. The van der Waals surface area contributed by atoms with Crippen molar-refractivity contribution in [3.63, 3.8) is 0 Å². The van der Waals surface area contributed by atoms with Gasteiger partial charge >= 0.3 is 0 Å². The third-order valence-corrected chi connectivity index (χ3v) is 7.13. The number of likely N-dealkylation sites (tertiary alicyclic amines) is 1. The SMILES string of the molecule is Cc1ccccc1CC(=O)N1C[C@H]2OCCCCCCCCN(C)C(=O)c3ccccc3O[C@@H]2C1. The van der Waals surface area contributed by atoms with Crippen LogP contribution >= 0.6 is 0 Å². The molecule has 6 heteroatoms. The van der Waals surface area contributed by atoms with E-state index in [4.69, 9.17) is 9.47 Å². The lowest BCUT2D eigenvalue weighted by molar-refractivity contribution is -0.130. The van der Waals surface area contributed by atoms with Crippen molar-refractivity contribution < 1.29 is 19.1 Å². The summed E-state index contributed by atoms with van der Waals surface area (Å²) in [7, 11) is 1.86. The van der Waals surface area contributed by atoms with Gasteiger partial charge in [-0.1, -0.05) is 62.1 Å². The van der Waals surface area contributed by atoms with Crippen molar-refractivity contribution in [2.75, 3.05) is 33.3 Å². The van der Waals surface area contributed by atoms with E-state index in [9.17, 15) is 9.59 Å². The Morgan fingerprint density at radius 1 is 0.914 bits per heavy atom. The molecule has 2 aliphatic rings. The van der Waals surface area contributed by atoms with Crippen LogP contribution in [0.5, 0.6) is 5.75 Å². The summed E-state index contributed by atoms with van der Waals surface area (Å²) in [5.74, 6) is 0.605. The van der Waals surface area contributed by atoms with Gasteiger partial charge in [0.15, 0.2) is 0 Å². The summed E-state index contributed by atoms with van der Waals surface area (Å²) < 4.78 is 12.7. The van der Waals surface area contributed by atoms with Crippen molar-refractivity contribution in [2.45, 2.75) is 64.1 Å². The highest BCUT2D eigenvalue weighted by Gasteiger charge is 2.38. The monoisotopic (exact) mass is 478 g/mol. The topological polar surface area (TPSA) is 59.1 Å². The third kappa shape index (κ3) is 6.63. The molecular weight excluding hydrogens is 440 g/mol. The number of carbonyl (C=O) groups excluding carboxylic acids is 2. The molecule has 2 aliphatic heterocycles. The minimum Gasteiger partial charge on any atom is -0.485 e. The number of hydrogen-bond acceptors (Lipinski definition) is 4. The predicted molar refractivity (Wildman–Crippen MR) is 137 cm³/mol. The molecule has 0 saturated carbocycles. The van der Waals surface area contributed by atoms with Gasteiger partial charge in [0.1, 0.15) is 18.0 Å². The maximum atomic E-state index is 13.2. The maximum Gasteiger partial charge on any atom is 0.257 e. The van der Waals surface area contributed by atoms with Gasteiger partial charge < -0.3 is 19.3 Å². The van der Waals surface area contributed by atoms with Gasteiger partial charge in [-0.25, -0.2) is 0 Å². The first-order chi connectivity index (χ1) is 17.0. The number of nitrogens with zero attached hydrogens (tertiary/aromatic N) is 2. The van der Waals surface area contributed by atoms with E-state index in [-0.39, 0.29) is 24.0 Å². The van der Waals surface area contributed by atoms with Gasteiger partial charge in [0.25, 0.3) is 5.91 Å². The number of ether oxygens (including phenoxy) is 2. The average molecular weight is 479 g/mol. The average Bonchev–Trinajstić information content (AvgIpc) is 3.26. The minimum absolute atomic E-state index is 0.0318. The van der Waals surface area contributed by atoms with Crippen LogP contribution < -0.4 is 4.74 Å². The molecule has 35 heavy (non-hydrogen) atoms. The van der Waals surface area contributed by atoms with E-state index < -0.39 is 0 Å². The van der Waals surface area contributed by atoms with E-state index in [0.29, 0.717) is 37.4 Å². The van der Waals surface area contributed by atoms with Crippen LogP contribution in [0.3, 0.4) is 0 Å². The number of carbonyl (C=O) groups is 2. The molecule has 1 saturated heterocycles. The van der Waals surface area contributed by atoms with Crippen molar-refractivity contribution in [1.29, 1.82) is 0 Å². The van der Waals surface area contributed by atoms with E-state index in [0.717, 1.165) is 43.4 Å².